The van der Waals surface area contributed by atoms with Gasteiger partial charge in [-0.3, -0.25) is 9.59 Å². The van der Waals surface area contributed by atoms with Gasteiger partial charge in [0.15, 0.2) is 5.82 Å². The van der Waals surface area contributed by atoms with Crippen molar-refractivity contribution in [2.24, 2.45) is 7.05 Å². The van der Waals surface area contributed by atoms with Gasteiger partial charge in [-0.25, -0.2) is 4.98 Å². The van der Waals surface area contributed by atoms with Crippen LogP contribution in [0.1, 0.15) is 26.5 Å². The molecule has 0 saturated heterocycles. The van der Waals surface area contributed by atoms with E-state index in [1.165, 1.54) is 11.8 Å². The second-order valence-corrected chi connectivity index (χ2v) is 6.27. The number of carbonyl (C=O) groups is 2. The fraction of sp³-hybridized carbons (Fsp3) is 0.105. The first-order chi connectivity index (χ1) is 12.1. The zero-order chi connectivity index (χ0) is 17.8. The molecule has 2 aromatic carbocycles. The van der Waals surface area contributed by atoms with Gasteiger partial charge >= 0.3 is 0 Å². The number of benzene rings is 2. The smallest absolute Gasteiger partial charge is 0.256 e. The van der Waals surface area contributed by atoms with Gasteiger partial charge in [-0.15, -0.1) is 11.8 Å². The third kappa shape index (κ3) is 3.64. The van der Waals surface area contributed by atoms with Crippen molar-refractivity contribution in [2.45, 2.75) is 4.90 Å². The van der Waals surface area contributed by atoms with Crippen LogP contribution in [0.2, 0.25) is 0 Å². The minimum absolute atomic E-state index is 0.155. The second kappa shape index (κ2) is 7.36. The monoisotopic (exact) mass is 351 g/mol. The van der Waals surface area contributed by atoms with Crippen LogP contribution in [-0.4, -0.2) is 27.5 Å². The summed E-state index contributed by atoms with van der Waals surface area (Å²) in [4.78, 5) is 29.8. The molecule has 0 aliphatic heterocycles. The van der Waals surface area contributed by atoms with Crippen LogP contribution in [0.5, 0.6) is 0 Å². The Labute approximate surface area is 150 Å². The predicted molar refractivity (Wildman–Crippen MR) is 99.3 cm³/mol. The summed E-state index contributed by atoms with van der Waals surface area (Å²) in [5.74, 6) is 0.0527. The minimum atomic E-state index is -0.173. The van der Waals surface area contributed by atoms with Crippen molar-refractivity contribution in [2.75, 3.05) is 11.6 Å². The van der Waals surface area contributed by atoms with Crippen molar-refractivity contribution in [3.8, 4) is 0 Å². The van der Waals surface area contributed by atoms with E-state index in [0.717, 1.165) is 4.90 Å². The maximum atomic E-state index is 12.4. The molecular formula is C19H17N3O2S. The summed E-state index contributed by atoms with van der Waals surface area (Å²) in [6.07, 6.45) is 5.25. The fourth-order valence-electron chi connectivity index (χ4n) is 2.45. The number of aryl methyl sites for hydroxylation is 1. The van der Waals surface area contributed by atoms with Gasteiger partial charge in [0.2, 0.25) is 5.78 Å². The maximum absolute atomic E-state index is 12.4. The van der Waals surface area contributed by atoms with Crippen molar-refractivity contribution in [1.29, 1.82) is 0 Å². The Morgan fingerprint density at radius 2 is 1.80 bits per heavy atom. The van der Waals surface area contributed by atoms with Gasteiger partial charge in [-0.05, 0) is 42.7 Å². The molecule has 1 N–H and O–H groups in total. The van der Waals surface area contributed by atoms with E-state index in [4.69, 9.17) is 0 Å². The Bertz CT molecular complexity index is 916. The predicted octanol–water partition coefficient (Wildman–Crippen LogP) is 3.63. The van der Waals surface area contributed by atoms with E-state index >= 15 is 0 Å². The number of anilines is 1. The molecular weight excluding hydrogens is 334 g/mol. The Morgan fingerprint density at radius 1 is 1.08 bits per heavy atom. The number of thioether (sulfide) groups is 1. The quantitative estimate of drug-likeness (QED) is 0.563. The Morgan fingerprint density at radius 3 is 2.44 bits per heavy atom. The highest BCUT2D eigenvalue weighted by molar-refractivity contribution is 7.98. The molecule has 0 radical (unpaired) electrons. The molecule has 1 amide bonds. The molecule has 0 unspecified atom stereocenters. The van der Waals surface area contributed by atoms with Gasteiger partial charge in [0, 0.05) is 35.6 Å². The average Bonchev–Trinajstić information content (AvgIpc) is 3.07. The van der Waals surface area contributed by atoms with Crippen molar-refractivity contribution in [3.05, 3.63) is 77.9 Å². The molecule has 0 fully saturated rings. The van der Waals surface area contributed by atoms with Crippen LogP contribution in [0.4, 0.5) is 5.69 Å². The molecule has 0 atom stereocenters. The highest BCUT2D eigenvalue weighted by Crippen LogP contribution is 2.21. The van der Waals surface area contributed by atoms with Gasteiger partial charge in [0.25, 0.3) is 5.91 Å². The first-order valence-corrected chi connectivity index (χ1v) is 8.89. The average molecular weight is 351 g/mol. The maximum Gasteiger partial charge on any atom is 0.256 e. The van der Waals surface area contributed by atoms with Crippen LogP contribution in [0, 0.1) is 0 Å². The normalized spacial score (nSPS) is 10.5. The number of ketones is 1. The lowest BCUT2D eigenvalue weighted by molar-refractivity contribution is 0.101. The Kier molecular flexibility index (Phi) is 5.00. The summed E-state index contributed by atoms with van der Waals surface area (Å²) in [5, 5.41) is 2.86. The van der Waals surface area contributed by atoms with Crippen LogP contribution in [-0.2, 0) is 7.05 Å². The summed E-state index contributed by atoms with van der Waals surface area (Å²) < 4.78 is 1.68. The summed E-state index contributed by atoms with van der Waals surface area (Å²) in [5.41, 5.74) is 1.79. The molecule has 1 aromatic heterocycles. The van der Waals surface area contributed by atoms with Crippen molar-refractivity contribution >= 4 is 29.1 Å². The summed E-state index contributed by atoms with van der Waals surface area (Å²) in [6.45, 7) is 0. The van der Waals surface area contributed by atoms with E-state index in [-0.39, 0.29) is 11.7 Å². The van der Waals surface area contributed by atoms with Crippen molar-refractivity contribution in [1.82, 2.24) is 9.55 Å². The molecule has 3 rings (SSSR count). The van der Waals surface area contributed by atoms with E-state index in [9.17, 15) is 9.59 Å². The number of carbonyl (C=O) groups excluding carboxylic acids is 2. The first-order valence-electron chi connectivity index (χ1n) is 7.66. The standard InChI is InChI=1S/C19H17N3O2S/c1-22-12-11-20-18(22)17(23)13-7-9-14(10-8-13)21-19(24)15-5-3-4-6-16(15)25-2/h3-12H,1-2H3,(H,21,24). The molecule has 0 saturated carbocycles. The first kappa shape index (κ1) is 17.0. The highest BCUT2D eigenvalue weighted by Gasteiger charge is 2.14. The molecule has 0 spiro atoms. The van der Waals surface area contributed by atoms with Crippen molar-refractivity contribution < 1.29 is 9.59 Å². The molecule has 5 nitrogen and oxygen atoms in total. The molecule has 0 aliphatic rings. The van der Waals surface area contributed by atoms with Crippen LogP contribution in [0.25, 0.3) is 0 Å². The van der Waals surface area contributed by atoms with Gasteiger partial charge in [-0.1, -0.05) is 12.1 Å². The van der Waals surface area contributed by atoms with Crippen LogP contribution < -0.4 is 5.32 Å². The third-order valence-corrected chi connectivity index (χ3v) is 4.58. The number of imidazole rings is 1. The van der Waals surface area contributed by atoms with Crippen LogP contribution in [0.3, 0.4) is 0 Å². The number of hydrogen-bond acceptors (Lipinski definition) is 4. The number of aromatic nitrogens is 2. The zero-order valence-corrected chi connectivity index (χ0v) is 14.7. The van der Waals surface area contributed by atoms with Crippen LogP contribution in [0.15, 0.2) is 65.8 Å². The summed E-state index contributed by atoms with van der Waals surface area (Å²) >= 11 is 1.53. The van der Waals surface area contributed by atoms with E-state index < -0.39 is 0 Å². The molecule has 126 valence electrons. The van der Waals surface area contributed by atoms with Crippen LogP contribution >= 0.6 is 11.8 Å². The molecule has 3 aromatic rings. The molecule has 1 heterocycles. The topological polar surface area (TPSA) is 64.0 Å². The number of hydrogen-bond donors (Lipinski definition) is 1. The number of amides is 1. The van der Waals surface area contributed by atoms with Crippen molar-refractivity contribution in [3.63, 3.8) is 0 Å². The molecule has 0 bridgehead atoms. The van der Waals surface area contributed by atoms with Gasteiger partial charge in [-0.2, -0.15) is 0 Å². The van der Waals surface area contributed by atoms with E-state index in [1.54, 1.807) is 54.3 Å². The molecule has 6 heteroatoms. The lowest BCUT2D eigenvalue weighted by atomic mass is 10.1. The lowest BCUT2D eigenvalue weighted by Gasteiger charge is -2.09. The molecule has 0 aliphatic carbocycles. The number of nitrogens with zero attached hydrogens (tertiary/aromatic N) is 2. The summed E-state index contributed by atoms with van der Waals surface area (Å²) in [6, 6.07) is 14.3. The fourth-order valence-corrected chi connectivity index (χ4v) is 3.04. The Hall–Kier alpha value is -2.86. The van der Waals surface area contributed by atoms with E-state index in [1.807, 2.05) is 24.5 Å². The SMILES string of the molecule is CSc1ccccc1C(=O)Nc1ccc(C(=O)c2nccn2C)cc1. The van der Waals surface area contributed by atoms with Gasteiger partial charge < -0.3 is 9.88 Å². The minimum Gasteiger partial charge on any atom is -0.331 e. The lowest BCUT2D eigenvalue weighted by Crippen LogP contribution is -2.13. The third-order valence-electron chi connectivity index (χ3n) is 3.78. The number of nitrogens with one attached hydrogen (secondary N) is 1. The van der Waals surface area contributed by atoms with Gasteiger partial charge in [0.1, 0.15) is 0 Å². The zero-order valence-electron chi connectivity index (χ0n) is 13.9. The highest BCUT2D eigenvalue weighted by atomic mass is 32.2. The second-order valence-electron chi connectivity index (χ2n) is 5.42. The van der Waals surface area contributed by atoms with Gasteiger partial charge in [0.05, 0.1) is 5.56 Å². The Balaban J connectivity index is 1.76. The van der Waals surface area contributed by atoms with E-state index in [0.29, 0.717) is 22.6 Å². The summed E-state index contributed by atoms with van der Waals surface area (Å²) in [7, 11) is 1.78. The molecule has 25 heavy (non-hydrogen) atoms. The number of rotatable bonds is 5. The van der Waals surface area contributed by atoms with E-state index in [2.05, 4.69) is 10.3 Å². The largest absolute Gasteiger partial charge is 0.331 e.